The zero-order valence-electron chi connectivity index (χ0n) is 24.8. The molecule has 0 amide bonds. The third-order valence-electron chi connectivity index (χ3n) is 10.2. The Labute approximate surface area is 270 Å². The van der Waals surface area contributed by atoms with Gasteiger partial charge >= 0.3 is 6.85 Å². The molecule has 0 aliphatic carbocycles. The van der Waals surface area contributed by atoms with Gasteiger partial charge in [0.05, 0.1) is 11.0 Å². The summed E-state index contributed by atoms with van der Waals surface area (Å²) in [6, 6.07) is 56.3. The van der Waals surface area contributed by atoms with E-state index in [-0.39, 0.29) is 6.85 Å². The summed E-state index contributed by atoms with van der Waals surface area (Å²) in [4.78, 5) is 2.60. The van der Waals surface area contributed by atoms with Crippen LogP contribution >= 0.6 is 11.3 Å². The Balaban J connectivity index is 1.23. The van der Waals surface area contributed by atoms with E-state index in [1.54, 1.807) is 0 Å². The topological polar surface area (TPSA) is 8.17 Å². The standard InChI is InChI=1S/C42H25BN2S/c1-2-12-26(13-3-1)44-37-20-10-6-17-30(37)32-24-41-34(23-39(32)44)33-22-31-28-15-5-9-19-36(28)43-35-18-8-4-14-27(35)29-16-7-11-21-38(29)45(43)40(31)25-42(33)46-41/h1-25H. The van der Waals surface area contributed by atoms with Crippen LogP contribution in [0.25, 0.3) is 69.9 Å². The molecule has 0 unspecified atom stereocenters. The number of nitrogens with zero attached hydrogens (tertiary/aromatic N) is 2. The maximum Gasteiger partial charge on any atom is 0.329 e. The van der Waals surface area contributed by atoms with Crippen LogP contribution in [0.3, 0.4) is 0 Å². The van der Waals surface area contributed by atoms with Gasteiger partial charge in [0.25, 0.3) is 0 Å². The summed E-state index contributed by atoms with van der Waals surface area (Å²) in [5.74, 6) is 0. The van der Waals surface area contributed by atoms with Crippen LogP contribution in [-0.4, -0.2) is 11.4 Å². The predicted molar refractivity (Wildman–Crippen MR) is 198 cm³/mol. The molecule has 2 nitrogen and oxygen atoms in total. The Hall–Kier alpha value is -5.58. The minimum absolute atomic E-state index is 0.126. The van der Waals surface area contributed by atoms with Crippen molar-refractivity contribution < 1.29 is 0 Å². The summed E-state index contributed by atoms with van der Waals surface area (Å²) in [7, 11) is 0. The summed E-state index contributed by atoms with van der Waals surface area (Å²) in [6.45, 7) is 0.126. The third kappa shape index (κ3) is 3.16. The number of fused-ring (bicyclic) bond motifs is 17. The number of thiophene rings is 1. The Kier molecular flexibility index (Phi) is 4.83. The van der Waals surface area contributed by atoms with Gasteiger partial charge < -0.3 is 9.38 Å². The van der Waals surface area contributed by atoms with Crippen LogP contribution < -0.4 is 15.7 Å². The molecule has 212 valence electrons. The molecule has 7 aromatic carbocycles. The molecule has 0 bridgehead atoms. The van der Waals surface area contributed by atoms with E-state index in [1.165, 1.54) is 92.2 Å². The Morgan fingerprint density at radius 1 is 0.413 bits per heavy atom. The number of hydrogen-bond donors (Lipinski definition) is 0. The van der Waals surface area contributed by atoms with Gasteiger partial charge in [-0.3, -0.25) is 0 Å². The van der Waals surface area contributed by atoms with Crippen LogP contribution in [0, 0.1) is 0 Å². The lowest BCUT2D eigenvalue weighted by Gasteiger charge is -2.43. The van der Waals surface area contributed by atoms with E-state index in [1.807, 2.05) is 11.3 Å². The van der Waals surface area contributed by atoms with Crippen molar-refractivity contribution in [3.63, 3.8) is 0 Å². The first-order chi connectivity index (χ1) is 22.8. The number of aromatic nitrogens is 1. The molecule has 0 saturated heterocycles. The third-order valence-corrected chi connectivity index (χ3v) is 11.3. The number of hydrogen-bond acceptors (Lipinski definition) is 2. The van der Waals surface area contributed by atoms with E-state index in [4.69, 9.17) is 0 Å². The second-order valence-corrected chi connectivity index (χ2v) is 13.6. The minimum Gasteiger partial charge on any atom is -0.376 e. The van der Waals surface area contributed by atoms with Crippen molar-refractivity contribution in [1.29, 1.82) is 0 Å². The van der Waals surface area contributed by atoms with Gasteiger partial charge in [0.1, 0.15) is 0 Å². The first-order valence-electron chi connectivity index (χ1n) is 15.9. The van der Waals surface area contributed by atoms with Crippen molar-refractivity contribution in [3.05, 3.63) is 152 Å². The molecule has 2 aliphatic rings. The van der Waals surface area contributed by atoms with Crippen molar-refractivity contribution in [2.45, 2.75) is 0 Å². The molecule has 0 N–H and O–H groups in total. The number of rotatable bonds is 1. The second kappa shape index (κ2) is 9.00. The highest BCUT2D eigenvalue weighted by atomic mass is 32.1. The largest absolute Gasteiger partial charge is 0.376 e. The SMILES string of the molecule is c1ccc(-n2c3ccccc3c3cc4sc5cc6c(cc5c4cc32)-c2ccccc2B2c3ccccc3-c3ccccc3N26)cc1. The molecule has 0 spiro atoms. The summed E-state index contributed by atoms with van der Waals surface area (Å²) >= 11 is 1.91. The zero-order valence-corrected chi connectivity index (χ0v) is 25.6. The van der Waals surface area contributed by atoms with Crippen molar-refractivity contribution >= 4 is 82.5 Å². The quantitative estimate of drug-likeness (QED) is 0.170. The molecule has 9 aromatic rings. The molecule has 0 radical (unpaired) electrons. The smallest absolute Gasteiger partial charge is 0.329 e. The van der Waals surface area contributed by atoms with Gasteiger partial charge in [-0.1, -0.05) is 103 Å². The normalized spacial score (nSPS) is 13.1. The zero-order chi connectivity index (χ0) is 29.9. The Bertz CT molecular complexity index is 2720. The van der Waals surface area contributed by atoms with E-state index in [2.05, 4.69) is 161 Å². The Morgan fingerprint density at radius 2 is 1.04 bits per heavy atom. The van der Waals surface area contributed by atoms with Gasteiger partial charge in [-0.15, -0.1) is 11.3 Å². The van der Waals surface area contributed by atoms with E-state index < -0.39 is 0 Å². The highest BCUT2D eigenvalue weighted by molar-refractivity contribution is 7.26. The van der Waals surface area contributed by atoms with Gasteiger partial charge in [-0.2, -0.15) is 0 Å². The van der Waals surface area contributed by atoms with Gasteiger partial charge in [-0.05, 0) is 70.6 Å². The van der Waals surface area contributed by atoms with Crippen LogP contribution in [0.2, 0.25) is 0 Å². The molecular formula is C42H25BN2S. The molecule has 11 rings (SSSR count). The molecule has 2 aliphatic heterocycles. The van der Waals surface area contributed by atoms with Crippen molar-refractivity contribution in [2.75, 3.05) is 4.81 Å². The number of para-hydroxylation sites is 3. The molecule has 4 heterocycles. The molecule has 0 saturated carbocycles. The number of benzene rings is 7. The van der Waals surface area contributed by atoms with Crippen molar-refractivity contribution in [3.8, 4) is 27.9 Å². The van der Waals surface area contributed by atoms with E-state index in [9.17, 15) is 0 Å². The molecule has 4 heteroatoms. The van der Waals surface area contributed by atoms with Gasteiger partial charge in [0.15, 0.2) is 0 Å². The lowest BCUT2D eigenvalue weighted by Crippen LogP contribution is -2.59. The van der Waals surface area contributed by atoms with Crippen LogP contribution in [0.15, 0.2) is 152 Å². The van der Waals surface area contributed by atoms with E-state index in [0.29, 0.717) is 0 Å². The van der Waals surface area contributed by atoms with Crippen LogP contribution in [0.4, 0.5) is 11.4 Å². The van der Waals surface area contributed by atoms with Crippen LogP contribution in [0.1, 0.15) is 0 Å². The lowest BCUT2D eigenvalue weighted by atomic mass is 9.43. The molecule has 0 atom stereocenters. The van der Waals surface area contributed by atoms with Crippen molar-refractivity contribution in [1.82, 2.24) is 4.57 Å². The molecule has 46 heavy (non-hydrogen) atoms. The van der Waals surface area contributed by atoms with Crippen molar-refractivity contribution in [2.24, 2.45) is 0 Å². The highest BCUT2D eigenvalue weighted by Crippen LogP contribution is 2.49. The molecule has 0 fully saturated rings. The average Bonchev–Trinajstić information content (AvgIpc) is 3.64. The lowest BCUT2D eigenvalue weighted by molar-refractivity contribution is 1.18. The maximum absolute atomic E-state index is 2.60. The Morgan fingerprint density at radius 3 is 1.87 bits per heavy atom. The van der Waals surface area contributed by atoms with Crippen LogP contribution in [0.5, 0.6) is 0 Å². The first kappa shape index (κ1) is 24.7. The predicted octanol–water partition coefficient (Wildman–Crippen LogP) is 10.1. The van der Waals surface area contributed by atoms with Crippen LogP contribution in [-0.2, 0) is 0 Å². The fourth-order valence-electron chi connectivity index (χ4n) is 8.27. The maximum atomic E-state index is 2.60. The molecule has 2 aromatic heterocycles. The summed E-state index contributed by atoms with van der Waals surface area (Å²) in [5, 5.41) is 5.24. The summed E-state index contributed by atoms with van der Waals surface area (Å²) in [5.41, 5.74) is 14.2. The fraction of sp³-hybridized carbons (Fsp3) is 0. The monoisotopic (exact) mass is 600 g/mol. The summed E-state index contributed by atoms with van der Waals surface area (Å²) in [6.07, 6.45) is 0. The van der Waals surface area contributed by atoms with Gasteiger partial charge in [0, 0.05) is 59.1 Å². The number of anilines is 2. The minimum atomic E-state index is 0.126. The fourth-order valence-corrected chi connectivity index (χ4v) is 9.41. The van der Waals surface area contributed by atoms with E-state index >= 15 is 0 Å². The first-order valence-corrected chi connectivity index (χ1v) is 16.7. The second-order valence-electron chi connectivity index (χ2n) is 12.5. The highest BCUT2D eigenvalue weighted by Gasteiger charge is 2.42. The summed E-state index contributed by atoms with van der Waals surface area (Å²) < 4.78 is 5.08. The molecular weight excluding hydrogens is 575 g/mol. The van der Waals surface area contributed by atoms with Gasteiger partial charge in [-0.25, -0.2) is 0 Å². The average molecular weight is 601 g/mol. The van der Waals surface area contributed by atoms with E-state index in [0.717, 1.165) is 0 Å². The van der Waals surface area contributed by atoms with Gasteiger partial charge in [0.2, 0.25) is 0 Å².